The number of rotatable bonds is 4. The molecule has 30 heavy (non-hydrogen) atoms. The molecule has 2 amide bonds. The fourth-order valence-electron chi connectivity index (χ4n) is 3.62. The molecule has 2 aromatic carbocycles. The Morgan fingerprint density at radius 3 is 2.53 bits per heavy atom. The molecule has 7 heteroatoms. The second-order valence-electron chi connectivity index (χ2n) is 7.21. The lowest BCUT2D eigenvalue weighted by atomic mass is 10.1. The number of carbonyl (C=O) groups excluding carboxylic acids is 2. The molecule has 1 atom stereocenters. The number of aromatic nitrogens is 2. The zero-order chi connectivity index (χ0) is 21.1. The first kappa shape index (κ1) is 19.7. The van der Waals surface area contributed by atoms with Crippen LogP contribution in [0.15, 0.2) is 60.8 Å². The van der Waals surface area contributed by atoms with E-state index in [4.69, 9.17) is 0 Å². The lowest BCUT2D eigenvalue weighted by Gasteiger charge is -2.24. The second-order valence-corrected chi connectivity index (χ2v) is 7.21. The van der Waals surface area contributed by atoms with Gasteiger partial charge in [0.05, 0.1) is 17.3 Å². The third-order valence-electron chi connectivity index (χ3n) is 5.18. The number of nitrogens with zero attached hydrogens (tertiary/aromatic N) is 3. The van der Waals surface area contributed by atoms with E-state index in [1.54, 1.807) is 24.0 Å². The minimum Gasteiger partial charge on any atom is -0.328 e. The van der Waals surface area contributed by atoms with E-state index in [2.05, 4.69) is 15.3 Å². The highest BCUT2D eigenvalue weighted by molar-refractivity contribution is 6.04. The van der Waals surface area contributed by atoms with Crippen LogP contribution in [-0.2, 0) is 0 Å². The minimum absolute atomic E-state index is 0.0440. The van der Waals surface area contributed by atoms with Crippen LogP contribution in [0.1, 0.15) is 51.1 Å². The van der Waals surface area contributed by atoms with Crippen LogP contribution < -0.4 is 5.32 Å². The molecule has 2 heterocycles. The normalized spacial score (nSPS) is 15.8. The van der Waals surface area contributed by atoms with E-state index in [1.807, 2.05) is 18.2 Å². The molecule has 0 radical (unpaired) electrons. The van der Waals surface area contributed by atoms with Gasteiger partial charge in [0.15, 0.2) is 5.82 Å². The van der Waals surface area contributed by atoms with E-state index in [0.717, 1.165) is 12.8 Å². The summed E-state index contributed by atoms with van der Waals surface area (Å²) in [6.45, 7) is 2.39. The van der Waals surface area contributed by atoms with Crippen molar-refractivity contribution in [1.82, 2.24) is 14.9 Å². The van der Waals surface area contributed by atoms with Gasteiger partial charge in [-0.25, -0.2) is 14.4 Å². The zero-order valence-electron chi connectivity index (χ0n) is 16.5. The first-order valence-electron chi connectivity index (χ1n) is 9.79. The van der Waals surface area contributed by atoms with E-state index in [9.17, 15) is 14.0 Å². The highest BCUT2D eigenvalue weighted by Crippen LogP contribution is 2.31. The number of nitrogens with one attached hydrogen (secondary N) is 1. The molecule has 1 saturated heterocycles. The van der Waals surface area contributed by atoms with Gasteiger partial charge in [0.2, 0.25) is 0 Å². The van der Waals surface area contributed by atoms with Crippen molar-refractivity contribution in [3.63, 3.8) is 0 Å². The Morgan fingerprint density at radius 1 is 1.10 bits per heavy atom. The van der Waals surface area contributed by atoms with Crippen molar-refractivity contribution in [3.05, 3.63) is 89.3 Å². The van der Waals surface area contributed by atoms with Gasteiger partial charge in [0, 0.05) is 24.0 Å². The number of carbonyl (C=O) groups is 2. The summed E-state index contributed by atoms with van der Waals surface area (Å²) in [4.78, 5) is 36.2. The molecule has 0 aliphatic carbocycles. The van der Waals surface area contributed by atoms with Crippen molar-refractivity contribution in [2.45, 2.75) is 25.8 Å². The van der Waals surface area contributed by atoms with E-state index in [-0.39, 0.29) is 23.7 Å². The van der Waals surface area contributed by atoms with Crippen molar-refractivity contribution in [2.24, 2.45) is 0 Å². The molecular formula is C23H21FN4O2. The number of likely N-dealkylation sites (tertiary alicyclic amines) is 1. The molecule has 0 saturated carbocycles. The zero-order valence-corrected chi connectivity index (χ0v) is 16.5. The van der Waals surface area contributed by atoms with Gasteiger partial charge >= 0.3 is 0 Å². The summed E-state index contributed by atoms with van der Waals surface area (Å²) in [5.41, 5.74) is 1.98. The molecule has 1 aliphatic heterocycles. The highest BCUT2D eigenvalue weighted by Gasteiger charge is 2.32. The van der Waals surface area contributed by atoms with Crippen molar-refractivity contribution in [3.8, 4) is 0 Å². The Hall–Kier alpha value is -3.61. The summed E-state index contributed by atoms with van der Waals surface area (Å²) in [5, 5.41) is 2.71. The van der Waals surface area contributed by atoms with Crippen LogP contribution in [0, 0.1) is 12.7 Å². The number of benzene rings is 2. The number of anilines is 1. The molecule has 4 rings (SSSR count). The van der Waals surface area contributed by atoms with Gasteiger partial charge in [-0.1, -0.05) is 18.2 Å². The number of hydrogen-bond donors (Lipinski definition) is 1. The monoisotopic (exact) mass is 404 g/mol. The Kier molecular flexibility index (Phi) is 5.52. The third kappa shape index (κ3) is 4.05. The molecule has 0 spiro atoms. The maximum atomic E-state index is 13.0. The van der Waals surface area contributed by atoms with Gasteiger partial charge in [-0.15, -0.1) is 0 Å². The first-order valence-corrected chi connectivity index (χ1v) is 9.79. The number of aryl methyl sites for hydroxylation is 1. The predicted octanol–water partition coefficient (Wildman–Crippen LogP) is 4.15. The fourth-order valence-corrected chi connectivity index (χ4v) is 3.62. The largest absolute Gasteiger partial charge is 0.328 e. The number of amides is 2. The topological polar surface area (TPSA) is 75.2 Å². The van der Waals surface area contributed by atoms with E-state index >= 15 is 0 Å². The SMILES string of the molecule is Cc1nc(C2CCCN2C(=O)c2ccccc2)ncc1C(=O)Nc1ccc(F)cc1. The Labute approximate surface area is 173 Å². The first-order chi connectivity index (χ1) is 14.5. The molecular weight excluding hydrogens is 383 g/mol. The van der Waals surface area contributed by atoms with Gasteiger partial charge in [-0.3, -0.25) is 9.59 Å². The van der Waals surface area contributed by atoms with Gasteiger partial charge in [0.25, 0.3) is 11.8 Å². The van der Waals surface area contributed by atoms with Crippen LogP contribution in [-0.4, -0.2) is 33.2 Å². The van der Waals surface area contributed by atoms with Gasteiger partial charge in [-0.2, -0.15) is 0 Å². The van der Waals surface area contributed by atoms with Crippen molar-refractivity contribution in [2.75, 3.05) is 11.9 Å². The van der Waals surface area contributed by atoms with Gasteiger partial charge in [-0.05, 0) is 56.2 Å². The average molecular weight is 404 g/mol. The molecule has 1 N–H and O–H groups in total. The Morgan fingerprint density at radius 2 is 1.83 bits per heavy atom. The molecule has 3 aromatic rings. The predicted molar refractivity (Wildman–Crippen MR) is 111 cm³/mol. The van der Waals surface area contributed by atoms with Crippen molar-refractivity contribution < 1.29 is 14.0 Å². The van der Waals surface area contributed by atoms with E-state index in [0.29, 0.717) is 34.9 Å². The molecule has 152 valence electrons. The number of hydrogen-bond acceptors (Lipinski definition) is 4. The van der Waals surface area contributed by atoms with E-state index in [1.165, 1.54) is 30.5 Å². The number of halogens is 1. The van der Waals surface area contributed by atoms with Crippen molar-refractivity contribution in [1.29, 1.82) is 0 Å². The quantitative estimate of drug-likeness (QED) is 0.709. The van der Waals surface area contributed by atoms with E-state index < -0.39 is 0 Å². The van der Waals surface area contributed by atoms with Crippen LogP contribution >= 0.6 is 0 Å². The molecule has 1 unspecified atom stereocenters. The summed E-state index contributed by atoms with van der Waals surface area (Å²) in [6, 6.07) is 14.5. The minimum atomic E-state index is -0.372. The molecule has 1 aliphatic rings. The summed E-state index contributed by atoms with van der Waals surface area (Å²) >= 11 is 0. The average Bonchev–Trinajstić information content (AvgIpc) is 3.25. The Balaban J connectivity index is 1.52. The highest BCUT2D eigenvalue weighted by atomic mass is 19.1. The summed E-state index contributed by atoms with van der Waals surface area (Å²) < 4.78 is 13.0. The fraction of sp³-hybridized carbons (Fsp3) is 0.217. The molecule has 6 nitrogen and oxygen atoms in total. The van der Waals surface area contributed by atoms with Crippen LogP contribution in [0.3, 0.4) is 0 Å². The van der Waals surface area contributed by atoms with Crippen LogP contribution in [0.25, 0.3) is 0 Å². The summed E-state index contributed by atoms with van der Waals surface area (Å²) in [5.74, 6) is -0.248. The molecule has 1 fully saturated rings. The molecule has 0 bridgehead atoms. The smallest absolute Gasteiger partial charge is 0.259 e. The maximum absolute atomic E-state index is 13.0. The lowest BCUT2D eigenvalue weighted by Crippen LogP contribution is -2.31. The van der Waals surface area contributed by atoms with Gasteiger partial charge < -0.3 is 10.2 Å². The Bertz CT molecular complexity index is 1070. The van der Waals surface area contributed by atoms with Crippen LogP contribution in [0.4, 0.5) is 10.1 Å². The second kappa shape index (κ2) is 8.41. The van der Waals surface area contributed by atoms with Gasteiger partial charge in [0.1, 0.15) is 5.82 Å². The van der Waals surface area contributed by atoms with Crippen LogP contribution in [0.5, 0.6) is 0 Å². The summed E-state index contributed by atoms with van der Waals surface area (Å²) in [7, 11) is 0. The summed E-state index contributed by atoms with van der Waals surface area (Å²) in [6.07, 6.45) is 3.14. The molecule has 1 aromatic heterocycles. The van der Waals surface area contributed by atoms with Crippen LogP contribution in [0.2, 0.25) is 0 Å². The standard InChI is InChI=1S/C23H21FN4O2/c1-15-19(22(29)27-18-11-9-17(24)10-12-18)14-25-21(26-15)20-8-5-13-28(20)23(30)16-6-3-2-4-7-16/h2-4,6-7,9-12,14,20H,5,8,13H2,1H3,(H,27,29). The van der Waals surface area contributed by atoms with Crippen molar-refractivity contribution >= 4 is 17.5 Å². The maximum Gasteiger partial charge on any atom is 0.259 e. The third-order valence-corrected chi connectivity index (χ3v) is 5.18. The lowest BCUT2D eigenvalue weighted by molar-refractivity contribution is 0.0729.